The summed E-state index contributed by atoms with van der Waals surface area (Å²) in [5, 5.41) is 12.9. The number of benzene rings is 2. The van der Waals surface area contributed by atoms with Crippen LogP contribution in [-0.4, -0.2) is 99.2 Å². The predicted molar refractivity (Wildman–Crippen MR) is 148 cm³/mol. The molecule has 3 fully saturated rings. The van der Waals surface area contributed by atoms with Crippen LogP contribution in [0.5, 0.6) is 5.75 Å². The van der Waals surface area contributed by atoms with E-state index in [4.69, 9.17) is 9.47 Å². The van der Waals surface area contributed by atoms with E-state index in [1.54, 1.807) is 18.4 Å². The van der Waals surface area contributed by atoms with Crippen molar-refractivity contribution < 1.29 is 13.7 Å². The molecular weight excluding hydrogens is 516 g/mol. The van der Waals surface area contributed by atoms with Crippen molar-refractivity contribution in [1.29, 1.82) is 5.26 Å². The second kappa shape index (κ2) is 11.2. The van der Waals surface area contributed by atoms with Crippen molar-refractivity contribution in [3.05, 3.63) is 54.4 Å². The first kappa shape index (κ1) is 25.6. The van der Waals surface area contributed by atoms with Crippen LogP contribution < -0.4 is 15.0 Å². The van der Waals surface area contributed by atoms with Crippen LogP contribution >= 0.6 is 0 Å². The highest BCUT2D eigenvalue weighted by Gasteiger charge is 2.31. The van der Waals surface area contributed by atoms with Gasteiger partial charge in [0.05, 0.1) is 35.8 Å². The van der Waals surface area contributed by atoms with Gasteiger partial charge < -0.3 is 19.7 Å². The zero-order valence-corrected chi connectivity index (χ0v) is 22.5. The first-order chi connectivity index (χ1) is 19.1. The Labute approximate surface area is 230 Å². The lowest BCUT2D eigenvalue weighted by molar-refractivity contribution is -0.0660. The van der Waals surface area contributed by atoms with Gasteiger partial charge in [0.1, 0.15) is 24.3 Å². The monoisotopic (exact) mass is 546 g/mol. The van der Waals surface area contributed by atoms with Crippen molar-refractivity contribution in [2.75, 3.05) is 69.0 Å². The summed E-state index contributed by atoms with van der Waals surface area (Å²) in [7, 11) is -1.01. The third-order valence-electron chi connectivity index (χ3n) is 7.34. The number of nitrogens with one attached hydrogen (secondary N) is 1. The van der Waals surface area contributed by atoms with Gasteiger partial charge in [-0.2, -0.15) is 10.2 Å². The number of hydrogen-bond donors (Lipinski definition) is 1. The Balaban J connectivity index is 1.08. The number of nitrogens with zero attached hydrogens (tertiary/aromatic N) is 7. The van der Waals surface area contributed by atoms with Gasteiger partial charge in [-0.15, -0.1) is 0 Å². The van der Waals surface area contributed by atoms with E-state index in [9.17, 15) is 9.47 Å². The molecule has 3 aliphatic rings. The van der Waals surface area contributed by atoms with Crippen LogP contribution in [0.4, 0.5) is 17.3 Å². The van der Waals surface area contributed by atoms with Crippen molar-refractivity contribution >= 4 is 28.3 Å². The Kier molecular flexibility index (Phi) is 7.38. The van der Waals surface area contributed by atoms with E-state index in [-0.39, 0.29) is 6.10 Å². The van der Waals surface area contributed by atoms with Crippen LogP contribution in [0.2, 0.25) is 0 Å². The third-order valence-corrected chi connectivity index (χ3v) is 8.37. The molecule has 0 radical (unpaired) electrons. The Hall–Kier alpha value is -3.63. The molecule has 11 nitrogen and oxygen atoms in total. The van der Waals surface area contributed by atoms with Gasteiger partial charge in [0.25, 0.3) is 0 Å². The molecule has 3 aromatic rings. The van der Waals surface area contributed by atoms with Crippen molar-refractivity contribution in [2.45, 2.75) is 12.1 Å². The van der Waals surface area contributed by atoms with Gasteiger partial charge in [-0.3, -0.25) is 4.90 Å². The maximum Gasteiger partial charge on any atom is 0.230 e. The lowest BCUT2D eigenvalue weighted by Gasteiger charge is -2.43. The van der Waals surface area contributed by atoms with Gasteiger partial charge in [0.2, 0.25) is 5.95 Å². The Morgan fingerprint density at radius 1 is 1.08 bits per heavy atom. The Bertz CT molecular complexity index is 1380. The van der Waals surface area contributed by atoms with Crippen LogP contribution in [0, 0.1) is 11.3 Å². The maximum absolute atomic E-state index is 11.5. The average molecular weight is 547 g/mol. The number of piperazine rings is 1. The molecule has 1 unspecified atom stereocenters. The molecule has 0 saturated carbocycles. The first-order valence-corrected chi connectivity index (χ1v) is 14.5. The summed E-state index contributed by atoms with van der Waals surface area (Å²) in [6.45, 7) is 7.01. The lowest BCUT2D eigenvalue weighted by atomic mass is 10.1. The van der Waals surface area contributed by atoms with Gasteiger partial charge in [-0.25, -0.2) is 18.5 Å². The normalized spacial score (nSPS) is 19.5. The van der Waals surface area contributed by atoms with E-state index >= 15 is 0 Å². The molecule has 4 heterocycles. The highest BCUT2D eigenvalue weighted by atomic mass is 32.2. The van der Waals surface area contributed by atoms with Crippen LogP contribution in [-0.2, 0) is 15.7 Å². The number of hydrogen-bond acceptors (Lipinski definition) is 10. The molecular formula is C27H30N8O3S. The number of aromatic nitrogens is 3. The fourth-order valence-electron chi connectivity index (χ4n) is 4.88. The van der Waals surface area contributed by atoms with E-state index in [0.717, 1.165) is 45.1 Å². The molecule has 202 valence electrons. The zero-order chi connectivity index (χ0) is 26.8. The van der Waals surface area contributed by atoms with Crippen LogP contribution in [0.1, 0.15) is 5.56 Å². The molecule has 3 saturated heterocycles. The van der Waals surface area contributed by atoms with Gasteiger partial charge in [0, 0.05) is 62.5 Å². The van der Waals surface area contributed by atoms with Crippen molar-refractivity contribution in [3.8, 4) is 23.2 Å². The summed E-state index contributed by atoms with van der Waals surface area (Å²) in [6, 6.07) is 16.4. The van der Waals surface area contributed by atoms with E-state index in [0.29, 0.717) is 47.8 Å². The second-order valence-electron chi connectivity index (χ2n) is 9.85. The molecule has 0 spiro atoms. The summed E-state index contributed by atoms with van der Waals surface area (Å²) < 4.78 is 24.6. The fourth-order valence-corrected chi connectivity index (χ4v) is 5.64. The topological polar surface area (TPSA) is 120 Å². The van der Waals surface area contributed by atoms with Crippen molar-refractivity contribution in [2.24, 2.45) is 0 Å². The van der Waals surface area contributed by atoms with Crippen molar-refractivity contribution in [3.63, 3.8) is 0 Å². The summed E-state index contributed by atoms with van der Waals surface area (Å²) in [4.78, 5) is 18.1. The van der Waals surface area contributed by atoms with Crippen LogP contribution in [0.3, 0.4) is 0 Å². The molecule has 12 heteroatoms. The highest BCUT2D eigenvalue weighted by molar-refractivity contribution is 7.81. The summed E-state index contributed by atoms with van der Waals surface area (Å²) >= 11 is 0. The molecule has 39 heavy (non-hydrogen) atoms. The number of rotatable bonds is 8. The first-order valence-electron chi connectivity index (χ1n) is 13.0. The Morgan fingerprint density at radius 3 is 2.51 bits per heavy atom. The number of nitriles is 1. The molecule has 1 aromatic heterocycles. The van der Waals surface area contributed by atoms with Crippen LogP contribution in [0.15, 0.2) is 48.8 Å². The minimum absolute atomic E-state index is 0.0849. The summed E-state index contributed by atoms with van der Waals surface area (Å²) in [6.07, 6.45) is 3.02. The molecule has 1 N–H and O–H groups in total. The van der Waals surface area contributed by atoms with E-state index in [1.165, 1.54) is 12.0 Å². The van der Waals surface area contributed by atoms with E-state index < -0.39 is 11.0 Å². The quantitative estimate of drug-likeness (QED) is 0.449. The van der Waals surface area contributed by atoms with Gasteiger partial charge in [-0.1, -0.05) is 0 Å². The van der Waals surface area contributed by atoms with E-state index in [2.05, 4.69) is 48.3 Å². The fraction of sp³-hybridized carbons (Fsp3) is 0.407. The zero-order valence-electron chi connectivity index (χ0n) is 21.7. The highest BCUT2D eigenvalue weighted by Crippen LogP contribution is 2.28. The van der Waals surface area contributed by atoms with Gasteiger partial charge in [0.15, 0.2) is 5.82 Å². The predicted octanol–water partition coefficient (Wildman–Crippen LogP) is 2.03. The molecule has 3 aliphatic heterocycles. The van der Waals surface area contributed by atoms with Crippen LogP contribution in [0.25, 0.3) is 11.4 Å². The summed E-state index contributed by atoms with van der Waals surface area (Å²) in [5.41, 5.74) is 3.17. The summed E-state index contributed by atoms with van der Waals surface area (Å²) in [5.74, 6) is 1.38. The molecule has 6 rings (SSSR count). The number of ether oxygens (including phenoxy) is 2. The minimum Gasteiger partial charge on any atom is -0.486 e. The molecule has 2 aromatic carbocycles. The van der Waals surface area contributed by atoms with Gasteiger partial charge >= 0.3 is 0 Å². The second-order valence-corrected chi connectivity index (χ2v) is 11.2. The van der Waals surface area contributed by atoms with Crippen molar-refractivity contribution in [1.82, 2.24) is 24.2 Å². The minimum atomic E-state index is -1.01. The molecule has 1 atom stereocenters. The SMILES string of the molecule is CS(=O)N1CC(Oc2ccc(-c3ncnc(Nc4ccc(N5CCN(C6COC6)CC5)cc4)n3)cc2C#N)C1. The molecule has 0 amide bonds. The Morgan fingerprint density at radius 2 is 1.85 bits per heavy atom. The molecule has 0 bridgehead atoms. The standard InChI is InChI=1S/C27H30N8O3S/c1-39(36)35-14-24(15-35)38-25-7-2-19(12-20(25)13-28)26-29-18-30-27(32-26)31-21-3-5-22(6-4-21)33-8-10-34(11-9-33)23-16-37-17-23/h2-7,12,18,23-24H,8-11,14-17H2,1H3,(H,29,30,31,32). The third kappa shape index (κ3) is 5.72. The average Bonchev–Trinajstić information content (AvgIpc) is 2.90. The number of anilines is 3. The smallest absolute Gasteiger partial charge is 0.230 e. The lowest BCUT2D eigenvalue weighted by Crippen LogP contribution is -2.56. The molecule has 0 aliphatic carbocycles. The van der Waals surface area contributed by atoms with Gasteiger partial charge in [-0.05, 0) is 42.5 Å². The maximum atomic E-state index is 11.5. The van der Waals surface area contributed by atoms with E-state index in [1.807, 2.05) is 22.5 Å². The largest absolute Gasteiger partial charge is 0.486 e.